The summed E-state index contributed by atoms with van der Waals surface area (Å²) < 4.78 is 0. The second kappa shape index (κ2) is 4.49. The number of rotatable bonds is 2. The van der Waals surface area contributed by atoms with Gasteiger partial charge in [0.1, 0.15) is 17.8 Å². The molecule has 5 heteroatoms. The van der Waals surface area contributed by atoms with Crippen LogP contribution < -0.4 is 4.90 Å². The summed E-state index contributed by atoms with van der Waals surface area (Å²) in [6, 6.07) is 2.01. The number of H-pyrrole nitrogens is 1. The number of piperidine rings is 1. The summed E-state index contributed by atoms with van der Waals surface area (Å²) in [6.07, 6.45) is 5.24. The molecule has 1 aliphatic heterocycles. The van der Waals surface area contributed by atoms with Crippen molar-refractivity contribution in [2.75, 3.05) is 18.0 Å². The molecule has 102 valence electrons. The topological polar surface area (TPSA) is 65.0 Å². The third kappa shape index (κ3) is 2.08. The van der Waals surface area contributed by atoms with Crippen LogP contribution in [-0.2, 0) is 0 Å². The Balaban J connectivity index is 1.93. The van der Waals surface area contributed by atoms with Crippen molar-refractivity contribution in [3.05, 3.63) is 18.6 Å². The molecule has 1 fully saturated rings. The Hall–Kier alpha value is -1.62. The largest absolute Gasteiger partial charge is 0.390 e. The minimum absolute atomic E-state index is 0.283. The quantitative estimate of drug-likeness (QED) is 0.866. The predicted octanol–water partition coefficient (Wildman–Crippen LogP) is 1.95. The van der Waals surface area contributed by atoms with E-state index in [1.165, 1.54) is 0 Å². The molecule has 1 saturated heterocycles. The van der Waals surface area contributed by atoms with E-state index in [4.69, 9.17) is 0 Å². The van der Waals surface area contributed by atoms with Crippen molar-refractivity contribution in [2.24, 2.45) is 5.92 Å². The number of nitrogens with one attached hydrogen (secondary N) is 1. The molecule has 2 aromatic heterocycles. The fourth-order valence-corrected chi connectivity index (χ4v) is 2.99. The number of fused-ring (bicyclic) bond motifs is 1. The standard InChI is InChI=1S/C14H20N4O/c1-3-10-8-18(7-5-14(10,2)19)13-11-4-6-15-12(11)16-9-17-13/h4,6,9-10,19H,3,5,7-8H2,1-2H3,(H,15,16,17)/t10-,14+/m1/s1. The van der Waals surface area contributed by atoms with E-state index in [0.717, 1.165) is 42.8 Å². The lowest BCUT2D eigenvalue weighted by Crippen LogP contribution is -2.50. The highest BCUT2D eigenvalue weighted by molar-refractivity contribution is 5.87. The Labute approximate surface area is 112 Å². The van der Waals surface area contributed by atoms with Crippen LogP contribution in [0.3, 0.4) is 0 Å². The molecule has 0 saturated carbocycles. The molecule has 5 nitrogen and oxygen atoms in total. The van der Waals surface area contributed by atoms with Crippen LogP contribution in [0, 0.1) is 5.92 Å². The van der Waals surface area contributed by atoms with Crippen molar-refractivity contribution in [1.29, 1.82) is 0 Å². The lowest BCUT2D eigenvalue weighted by molar-refractivity contribution is -0.0183. The fourth-order valence-electron chi connectivity index (χ4n) is 2.99. The van der Waals surface area contributed by atoms with Gasteiger partial charge in [-0.1, -0.05) is 6.92 Å². The number of nitrogens with zero attached hydrogens (tertiary/aromatic N) is 3. The van der Waals surface area contributed by atoms with Crippen LogP contribution in [0.2, 0.25) is 0 Å². The van der Waals surface area contributed by atoms with Crippen molar-refractivity contribution < 1.29 is 5.11 Å². The number of aromatic nitrogens is 3. The average Bonchev–Trinajstić information content (AvgIpc) is 2.86. The van der Waals surface area contributed by atoms with Crippen LogP contribution in [0.15, 0.2) is 18.6 Å². The maximum Gasteiger partial charge on any atom is 0.142 e. The minimum atomic E-state index is -0.560. The lowest BCUT2D eigenvalue weighted by atomic mass is 9.81. The summed E-state index contributed by atoms with van der Waals surface area (Å²) in [5, 5.41) is 11.5. The van der Waals surface area contributed by atoms with Crippen LogP contribution in [-0.4, -0.2) is 38.7 Å². The Morgan fingerprint density at radius 2 is 2.37 bits per heavy atom. The highest BCUT2D eigenvalue weighted by atomic mass is 16.3. The summed E-state index contributed by atoms with van der Waals surface area (Å²) >= 11 is 0. The van der Waals surface area contributed by atoms with E-state index in [1.807, 2.05) is 19.2 Å². The molecule has 19 heavy (non-hydrogen) atoms. The second-order valence-corrected chi connectivity index (χ2v) is 5.60. The molecule has 3 rings (SSSR count). The third-order valence-electron chi connectivity index (χ3n) is 4.33. The SMILES string of the molecule is CC[C@@H]1CN(c2ncnc3[nH]ccc23)CC[C@]1(C)O. The lowest BCUT2D eigenvalue weighted by Gasteiger charge is -2.43. The van der Waals surface area contributed by atoms with E-state index in [2.05, 4.69) is 26.8 Å². The molecule has 0 bridgehead atoms. The van der Waals surface area contributed by atoms with Gasteiger partial charge in [0.2, 0.25) is 0 Å². The molecule has 0 unspecified atom stereocenters. The van der Waals surface area contributed by atoms with E-state index < -0.39 is 5.60 Å². The number of anilines is 1. The first-order valence-electron chi connectivity index (χ1n) is 6.87. The van der Waals surface area contributed by atoms with Gasteiger partial charge >= 0.3 is 0 Å². The Morgan fingerprint density at radius 3 is 3.16 bits per heavy atom. The van der Waals surface area contributed by atoms with Crippen LogP contribution >= 0.6 is 0 Å². The minimum Gasteiger partial charge on any atom is -0.390 e. The smallest absolute Gasteiger partial charge is 0.142 e. The molecule has 2 aromatic rings. The Bertz CT molecular complexity index is 578. The molecule has 0 aromatic carbocycles. The molecular weight excluding hydrogens is 240 g/mol. The van der Waals surface area contributed by atoms with E-state index in [0.29, 0.717) is 0 Å². The molecule has 0 amide bonds. The molecular formula is C14H20N4O. The zero-order valence-corrected chi connectivity index (χ0v) is 11.4. The molecule has 2 N–H and O–H groups in total. The van der Waals surface area contributed by atoms with Crippen molar-refractivity contribution in [2.45, 2.75) is 32.3 Å². The summed E-state index contributed by atoms with van der Waals surface area (Å²) in [5.41, 5.74) is 0.311. The normalized spacial score (nSPS) is 27.9. The van der Waals surface area contributed by atoms with Crippen molar-refractivity contribution in [3.8, 4) is 0 Å². The summed E-state index contributed by atoms with van der Waals surface area (Å²) in [6.45, 7) is 5.76. The van der Waals surface area contributed by atoms with E-state index in [1.54, 1.807) is 6.33 Å². The number of hydrogen-bond acceptors (Lipinski definition) is 4. The summed E-state index contributed by atoms with van der Waals surface area (Å²) in [7, 11) is 0. The molecule has 1 aliphatic rings. The van der Waals surface area contributed by atoms with Gasteiger partial charge in [0.15, 0.2) is 0 Å². The van der Waals surface area contributed by atoms with Crippen LogP contribution in [0.25, 0.3) is 11.0 Å². The zero-order chi connectivity index (χ0) is 13.5. The van der Waals surface area contributed by atoms with Gasteiger partial charge in [-0.05, 0) is 25.8 Å². The maximum atomic E-state index is 10.4. The fraction of sp³-hybridized carbons (Fsp3) is 0.571. The molecule has 2 atom stereocenters. The van der Waals surface area contributed by atoms with E-state index >= 15 is 0 Å². The van der Waals surface area contributed by atoms with E-state index in [-0.39, 0.29) is 5.92 Å². The highest BCUT2D eigenvalue weighted by Gasteiger charge is 2.37. The first-order valence-corrected chi connectivity index (χ1v) is 6.87. The number of aliphatic hydroxyl groups is 1. The van der Waals surface area contributed by atoms with Crippen molar-refractivity contribution >= 4 is 16.9 Å². The number of aromatic amines is 1. The zero-order valence-electron chi connectivity index (χ0n) is 11.4. The first kappa shape index (κ1) is 12.4. The van der Waals surface area contributed by atoms with Crippen LogP contribution in [0.4, 0.5) is 5.82 Å². The van der Waals surface area contributed by atoms with Gasteiger partial charge in [-0.2, -0.15) is 0 Å². The van der Waals surface area contributed by atoms with Crippen LogP contribution in [0.5, 0.6) is 0 Å². The third-order valence-corrected chi connectivity index (χ3v) is 4.33. The molecule has 0 radical (unpaired) electrons. The van der Waals surface area contributed by atoms with Gasteiger partial charge in [0.05, 0.1) is 11.0 Å². The van der Waals surface area contributed by atoms with Crippen molar-refractivity contribution in [1.82, 2.24) is 15.0 Å². The maximum absolute atomic E-state index is 10.4. The first-order chi connectivity index (χ1) is 9.12. The highest BCUT2D eigenvalue weighted by Crippen LogP contribution is 2.33. The van der Waals surface area contributed by atoms with Gasteiger partial charge < -0.3 is 15.0 Å². The van der Waals surface area contributed by atoms with Gasteiger partial charge in [0.25, 0.3) is 0 Å². The molecule has 0 aliphatic carbocycles. The Morgan fingerprint density at radius 1 is 1.53 bits per heavy atom. The second-order valence-electron chi connectivity index (χ2n) is 5.60. The molecule has 3 heterocycles. The average molecular weight is 260 g/mol. The van der Waals surface area contributed by atoms with Gasteiger partial charge in [-0.3, -0.25) is 0 Å². The van der Waals surface area contributed by atoms with Gasteiger partial charge in [0, 0.05) is 25.2 Å². The number of hydrogen-bond donors (Lipinski definition) is 2. The Kier molecular flexibility index (Phi) is 2.93. The summed E-state index contributed by atoms with van der Waals surface area (Å²) in [5.74, 6) is 1.26. The molecule has 0 spiro atoms. The van der Waals surface area contributed by atoms with Gasteiger partial charge in [-0.15, -0.1) is 0 Å². The van der Waals surface area contributed by atoms with E-state index in [9.17, 15) is 5.11 Å². The monoisotopic (exact) mass is 260 g/mol. The van der Waals surface area contributed by atoms with Crippen molar-refractivity contribution in [3.63, 3.8) is 0 Å². The van der Waals surface area contributed by atoms with Crippen LogP contribution in [0.1, 0.15) is 26.7 Å². The van der Waals surface area contributed by atoms with Gasteiger partial charge in [-0.25, -0.2) is 9.97 Å². The predicted molar refractivity (Wildman–Crippen MR) is 75.1 cm³/mol. The summed E-state index contributed by atoms with van der Waals surface area (Å²) in [4.78, 5) is 14.0.